The minimum Gasteiger partial charge on any atom is -0.399 e. The van der Waals surface area contributed by atoms with Crippen molar-refractivity contribution in [2.75, 3.05) is 32.6 Å². The standard InChI is InChI=1S/C18H25N5/c1-21-17(12-4-6-13(19)7-5-12)11-18(22-2,23-3)15-9-8-14(20)10-16(15)17/h4-10,21-23H,11,19-20H2,1-3H3. The summed E-state index contributed by atoms with van der Waals surface area (Å²) in [7, 11) is 5.95. The summed E-state index contributed by atoms with van der Waals surface area (Å²) in [5.74, 6) is 0. The maximum absolute atomic E-state index is 6.09. The van der Waals surface area contributed by atoms with Gasteiger partial charge in [-0.05, 0) is 62.1 Å². The molecule has 0 aromatic heterocycles. The summed E-state index contributed by atoms with van der Waals surface area (Å²) in [5, 5.41) is 10.5. The van der Waals surface area contributed by atoms with Crippen molar-refractivity contribution < 1.29 is 0 Å². The van der Waals surface area contributed by atoms with Crippen LogP contribution in [-0.2, 0) is 11.2 Å². The molecule has 0 spiro atoms. The Morgan fingerprint density at radius 1 is 0.783 bits per heavy atom. The van der Waals surface area contributed by atoms with Crippen LogP contribution >= 0.6 is 0 Å². The van der Waals surface area contributed by atoms with Crippen LogP contribution in [0.2, 0.25) is 0 Å². The van der Waals surface area contributed by atoms with E-state index >= 15 is 0 Å². The molecule has 0 saturated heterocycles. The lowest BCUT2D eigenvalue weighted by atomic mass is 9.83. The maximum atomic E-state index is 6.09. The number of anilines is 2. The fourth-order valence-electron chi connectivity index (χ4n) is 3.84. The normalized spacial score (nSPS) is 22.0. The SMILES string of the molecule is CNC1(NC)CC(NC)(c2ccc(N)cc2)c2cc(N)ccc21. The summed E-state index contributed by atoms with van der Waals surface area (Å²) < 4.78 is 0. The van der Waals surface area contributed by atoms with Gasteiger partial charge in [0, 0.05) is 17.8 Å². The molecule has 0 radical (unpaired) electrons. The highest BCUT2D eigenvalue weighted by atomic mass is 15.2. The molecule has 7 N–H and O–H groups in total. The predicted molar refractivity (Wildman–Crippen MR) is 96.0 cm³/mol. The van der Waals surface area contributed by atoms with Gasteiger partial charge < -0.3 is 16.8 Å². The van der Waals surface area contributed by atoms with Gasteiger partial charge in [0.2, 0.25) is 0 Å². The van der Waals surface area contributed by atoms with Gasteiger partial charge >= 0.3 is 0 Å². The van der Waals surface area contributed by atoms with E-state index in [4.69, 9.17) is 11.5 Å². The number of rotatable bonds is 4. The molecule has 122 valence electrons. The number of fused-ring (bicyclic) bond motifs is 1. The number of hydrogen-bond donors (Lipinski definition) is 5. The zero-order valence-electron chi connectivity index (χ0n) is 13.9. The summed E-state index contributed by atoms with van der Waals surface area (Å²) in [6.45, 7) is 0. The fourth-order valence-corrected chi connectivity index (χ4v) is 3.84. The van der Waals surface area contributed by atoms with Crippen molar-refractivity contribution in [3.63, 3.8) is 0 Å². The molecule has 23 heavy (non-hydrogen) atoms. The van der Waals surface area contributed by atoms with Gasteiger partial charge in [-0.15, -0.1) is 0 Å². The Morgan fingerprint density at radius 3 is 1.96 bits per heavy atom. The minimum atomic E-state index is -0.329. The van der Waals surface area contributed by atoms with Gasteiger partial charge in [0.15, 0.2) is 0 Å². The van der Waals surface area contributed by atoms with Gasteiger partial charge in [0.25, 0.3) is 0 Å². The summed E-state index contributed by atoms with van der Waals surface area (Å²) >= 11 is 0. The highest BCUT2D eigenvalue weighted by Crippen LogP contribution is 2.49. The molecular weight excluding hydrogens is 286 g/mol. The van der Waals surface area contributed by atoms with Crippen molar-refractivity contribution in [2.24, 2.45) is 0 Å². The molecule has 3 rings (SSSR count). The van der Waals surface area contributed by atoms with Crippen LogP contribution in [0, 0.1) is 0 Å². The first kappa shape index (κ1) is 15.8. The Kier molecular flexibility index (Phi) is 3.80. The van der Waals surface area contributed by atoms with Crippen LogP contribution in [0.5, 0.6) is 0 Å². The highest BCUT2D eigenvalue weighted by molar-refractivity contribution is 5.58. The minimum absolute atomic E-state index is 0.312. The zero-order chi connectivity index (χ0) is 16.7. The van der Waals surface area contributed by atoms with Crippen LogP contribution in [0.25, 0.3) is 0 Å². The molecule has 0 fully saturated rings. The molecule has 0 bridgehead atoms. The third kappa shape index (κ3) is 2.20. The third-order valence-corrected chi connectivity index (χ3v) is 5.18. The van der Waals surface area contributed by atoms with Crippen molar-refractivity contribution in [1.29, 1.82) is 0 Å². The molecule has 5 nitrogen and oxygen atoms in total. The third-order valence-electron chi connectivity index (χ3n) is 5.18. The summed E-state index contributed by atoms with van der Waals surface area (Å²) in [6.07, 6.45) is 0.826. The largest absolute Gasteiger partial charge is 0.399 e. The van der Waals surface area contributed by atoms with Crippen LogP contribution in [-0.4, -0.2) is 21.1 Å². The van der Waals surface area contributed by atoms with Gasteiger partial charge in [-0.3, -0.25) is 10.6 Å². The Morgan fingerprint density at radius 2 is 1.39 bits per heavy atom. The predicted octanol–water partition coefficient (Wildman–Crippen LogP) is 1.31. The second kappa shape index (κ2) is 5.53. The van der Waals surface area contributed by atoms with Crippen molar-refractivity contribution in [2.45, 2.75) is 17.6 Å². The van der Waals surface area contributed by atoms with E-state index in [-0.39, 0.29) is 11.2 Å². The Labute approximate surface area is 137 Å². The molecule has 0 saturated carbocycles. The number of nitrogens with one attached hydrogen (secondary N) is 3. The van der Waals surface area contributed by atoms with Crippen LogP contribution in [0.15, 0.2) is 42.5 Å². The molecule has 0 amide bonds. The average molecular weight is 311 g/mol. The molecular formula is C18H25N5. The summed E-state index contributed by atoms with van der Waals surface area (Å²) in [5.41, 5.74) is 16.4. The van der Waals surface area contributed by atoms with Gasteiger partial charge in [-0.25, -0.2) is 0 Å². The number of benzene rings is 2. The van der Waals surface area contributed by atoms with E-state index in [1.165, 1.54) is 16.7 Å². The van der Waals surface area contributed by atoms with Gasteiger partial charge in [0.1, 0.15) is 0 Å². The molecule has 2 aromatic rings. The molecule has 1 aliphatic carbocycles. The number of nitrogen functional groups attached to an aromatic ring is 2. The van der Waals surface area contributed by atoms with E-state index in [2.05, 4.69) is 40.2 Å². The number of nitrogens with two attached hydrogens (primary N) is 2. The lowest BCUT2D eigenvalue weighted by Crippen LogP contribution is -2.52. The molecule has 1 atom stereocenters. The Hall–Kier alpha value is -2.08. The van der Waals surface area contributed by atoms with Crippen molar-refractivity contribution in [3.8, 4) is 0 Å². The summed E-state index contributed by atoms with van der Waals surface area (Å²) in [4.78, 5) is 0. The van der Waals surface area contributed by atoms with E-state index in [0.29, 0.717) is 0 Å². The van der Waals surface area contributed by atoms with Gasteiger partial charge in [-0.1, -0.05) is 18.2 Å². The molecule has 5 heteroatoms. The Bertz CT molecular complexity index is 706. The lowest BCUT2D eigenvalue weighted by molar-refractivity contribution is 0.245. The smallest absolute Gasteiger partial charge is 0.0973 e. The lowest BCUT2D eigenvalue weighted by Gasteiger charge is -2.35. The quantitative estimate of drug-likeness (QED) is 0.434. The van der Waals surface area contributed by atoms with Crippen LogP contribution in [0.1, 0.15) is 23.1 Å². The summed E-state index contributed by atoms with van der Waals surface area (Å²) in [6, 6.07) is 14.2. The topological polar surface area (TPSA) is 88.1 Å². The zero-order valence-corrected chi connectivity index (χ0v) is 13.9. The second-order valence-corrected chi connectivity index (χ2v) is 6.16. The van der Waals surface area contributed by atoms with Crippen LogP contribution in [0.3, 0.4) is 0 Å². The molecule has 2 aromatic carbocycles. The monoisotopic (exact) mass is 311 g/mol. The van der Waals surface area contributed by atoms with E-state index in [9.17, 15) is 0 Å². The van der Waals surface area contributed by atoms with Crippen LogP contribution in [0.4, 0.5) is 11.4 Å². The highest BCUT2D eigenvalue weighted by Gasteiger charge is 2.51. The molecule has 1 unspecified atom stereocenters. The van der Waals surface area contributed by atoms with E-state index in [0.717, 1.165) is 17.8 Å². The first-order valence-corrected chi connectivity index (χ1v) is 7.84. The van der Waals surface area contributed by atoms with Gasteiger partial charge in [-0.2, -0.15) is 0 Å². The first-order chi connectivity index (χ1) is 11.0. The van der Waals surface area contributed by atoms with E-state index in [1.807, 2.05) is 39.3 Å². The maximum Gasteiger partial charge on any atom is 0.0973 e. The fraction of sp³-hybridized carbons (Fsp3) is 0.333. The van der Waals surface area contributed by atoms with Crippen molar-refractivity contribution >= 4 is 11.4 Å². The Balaban J connectivity index is 2.27. The van der Waals surface area contributed by atoms with Crippen molar-refractivity contribution in [3.05, 3.63) is 59.2 Å². The first-order valence-electron chi connectivity index (χ1n) is 7.84. The average Bonchev–Trinajstić information content (AvgIpc) is 2.86. The molecule has 1 aliphatic rings. The van der Waals surface area contributed by atoms with E-state index < -0.39 is 0 Å². The number of hydrogen-bond acceptors (Lipinski definition) is 5. The molecule has 0 aliphatic heterocycles. The van der Waals surface area contributed by atoms with Crippen LogP contribution < -0.4 is 27.4 Å². The van der Waals surface area contributed by atoms with E-state index in [1.54, 1.807) is 0 Å². The van der Waals surface area contributed by atoms with Gasteiger partial charge in [0.05, 0.1) is 11.2 Å². The van der Waals surface area contributed by atoms with Crippen molar-refractivity contribution in [1.82, 2.24) is 16.0 Å². The molecule has 0 heterocycles. The second-order valence-electron chi connectivity index (χ2n) is 6.16.